The van der Waals surface area contributed by atoms with E-state index < -0.39 is 0 Å². The fraction of sp³-hybridized carbons (Fsp3) is 0.588. The maximum atomic E-state index is 12.1. The van der Waals surface area contributed by atoms with E-state index in [9.17, 15) is 9.90 Å². The first kappa shape index (κ1) is 16.7. The van der Waals surface area contributed by atoms with Crippen molar-refractivity contribution >= 4 is 5.91 Å². The number of hydrogen-bond donors (Lipinski definition) is 2. The van der Waals surface area contributed by atoms with Gasteiger partial charge in [-0.2, -0.15) is 0 Å². The summed E-state index contributed by atoms with van der Waals surface area (Å²) in [7, 11) is 0. The molecule has 0 bridgehead atoms. The Morgan fingerprint density at radius 2 is 1.85 bits per heavy atom. The van der Waals surface area contributed by atoms with E-state index in [-0.39, 0.29) is 24.0 Å². The Hall–Kier alpha value is -1.35. The second-order valence-electron chi connectivity index (χ2n) is 6.79. The number of carbonyl (C=O) groups excluding carboxylic acids is 1. The van der Waals surface area contributed by atoms with Crippen LogP contribution in [0.5, 0.6) is 0 Å². The van der Waals surface area contributed by atoms with Crippen LogP contribution in [0.15, 0.2) is 30.3 Å². The molecule has 2 atom stereocenters. The number of amides is 1. The number of nitrogens with one attached hydrogen (secondary N) is 1. The molecule has 0 saturated carbocycles. The van der Waals surface area contributed by atoms with E-state index in [0.29, 0.717) is 12.3 Å². The van der Waals surface area contributed by atoms with E-state index in [1.807, 2.05) is 30.3 Å². The van der Waals surface area contributed by atoms with E-state index in [2.05, 4.69) is 33.0 Å². The van der Waals surface area contributed by atoms with Crippen molar-refractivity contribution in [2.45, 2.75) is 46.6 Å². The van der Waals surface area contributed by atoms with Gasteiger partial charge in [0.25, 0.3) is 0 Å². The van der Waals surface area contributed by atoms with E-state index in [4.69, 9.17) is 0 Å². The van der Waals surface area contributed by atoms with Crippen molar-refractivity contribution in [3.8, 4) is 0 Å². The Balaban J connectivity index is 2.52. The van der Waals surface area contributed by atoms with Gasteiger partial charge in [0.1, 0.15) is 0 Å². The number of hydrogen-bond acceptors (Lipinski definition) is 2. The van der Waals surface area contributed by atoms with Crippen molar-refractivity contribution in [1.29, 1.82) is 0 Å². The standard InChI is InChI=1S/C17H27NO2/c1-13(11-17(2,3)4)10-16(20)18-15(12-19)14-8-6-5-7-9-14/h5-9,13,15,19H,10-12H2,1-4H3,(H,18,20)/t13?,15-/m1/s1. The average Bonchev–Trinajstić information content (AvgIpc) is 2.34. The van der Waals surface area contributed by atoms with E-state index in [1.54, 1.807) is 0 Å². The lowest BCUT2D eigenvalue weighted by Gasteiger charge is -2.24. The van der Waals surface area contributed by atoms with Crippen molar-refractivity contribution < 1.29 is 9.90 Å². The highest BCUT2D eigenvalue weighted by Crippen LogP contribution is 2.26. The molecule has 20 heavy (non-hydrogen) atoms. The molecule has 2 N–H and O–H groups in total. The molecular weight excluding hydrogens is 250 g/mol. The second-order valence-corrected chi connectivity index (χ2v) is 6.79. The number of aliphatic hydroxyl groups excluding tert-OH is 1. The lowest BCUT2D eigenvalue weighted by molar-refractivity contribution is -0.123. The highest BCUT2D eigenvalue weighted by atomic mass is 16.3. The lowest BCUT2D eigenvalue weighted by atomic mass is 9.84. The predicted molar refractivity (Wildman–Crippen MR) is 82.3 cm³/mol. The third-order valence-electron chi connectivity index (χ3n) is 3.21. The minimum absolute atomic E-state index is 0.00431. The molecular formula is C17H27NO2. The fourth-order valence-corrected chi connectivity index (χ4v) is 2.61. The normalized spacial score (nSPS) is 14.7. The van der Waals surface area contributed by atoms with Gasteiger partial charge in [0.2, 0.25) is 5.91 Å². The minimum Gasteiger partial charge on any atom is -0.394 e. The van der Waals surface area contributed by atoms with Crippen molar-refractivity contribution in [3.63, 3.8) is 0 Å². The van der Waals surface area contributed by atoms with Gasteiger partial charge in [0.15, 0.2) is 0 Å². The SMILES string of the molecule is CC(CC(=O)N[C@H](CO)c1ccccc1)CC(C)(C)C. The van der Waals surface area contributed by atoms with Crippen LogP contribution >= 0.6 is 0 Å². The van der Waals surface area contributed by atoms with E-state index >= 15 is 0 Å². The van der Waals surface area contributed by atoms with Crippen LogP contribution in [-0.2, 0) is 4.79 Å². The first-order valence-corrected chi connectivity index (χ1v) is 7.27. The van der Waals surface area contributed by atoms with Crippen LogP contribution in [0.2, 0.25) is 0 Å². The molecule has 0 aliphatic carbocycles. The van der Waals surface area contributed by atoms with Crippen LogP contribution < -0.4 is 5.32 Å². The molecule has 0 heterocycles. The Bertz CT molecular complexity index is 409. The smallest absolute Gasteiger partial charge is 0.220 e. The molecule has 112 valence electrons. The second kappa shape index (κ2) is 7.44. The molecule has 0 aromatic heterocycles. The Labute approximate surface area is 122 Å². The van der Waals surface area contributed by atoms with Crippen molar-refractivity contribution in [3.05, 3.63) is 35.9 Å². The predicted octanol–water partition coefficient (Wildman–Crippen LogP) is 3.30. The molecule has 0 aliphatic rings. The highest BCUT2D eigenvalue weighted by molar-refractivity contribution is 5.76. The highest BCUT2D eigenvalue weighted by Gasteiger charge is 2.19. The summed E-state index contributed by atoms with van der Waals surface area (Å²) >= 11 is 0. The van der Waals surface area contributed by atoms with Gasteiger partial charge in [-0.05, 0) is 23.3 Å². The minimum atomic E-state index is -0.314. The number of aliphatic hydroxyl groups is 1. The van der Waals surface area contributed by atoms with Gasteiger partial charge in [-0.15, -0.1) is 0 Å². The van der Waals surface area contributed by atoms with Crippen LogP contribution in [0.3, 0.4) is 0 Å². The first-order chi connectivity index (χ1) is 9.31. The maximum Gasteiger partial charge on any atom is 0.220 e. The quantitative estimate of drug-likeness (QED) is 0.838. The van der Waals surface area contributed by atoms with Gasteiger partial charge in [-0.1, -0.05) is 58.0 Å². The van der Waals surface area contributed by atoms with Crippen LogP contribution in [0, 0.1) is 11.3 Å². The lowest BCUT2D eigenvalue weighted by Crippen LogP contribution is -2.32. The Morgan fingerprint density at radius 1 is 1.25 bits per heavy atom. The van der Waals surface area contributed by atoms with E-state index in [1.165, 1.54) is 0 Å². The third kappa shape index (κ3) is 6.20. The number of carbonyl (C=O) groups is 1. The summed E-state index contributed by atoms with van der Waals surface area (Å²) in [6, 6.07) is 9.26. The van der Waals surface area contributed by atoms with E-state index in [0.717, 1.165) is 12.0 Å². The third-order valence-corrected chi connectivity index (χ3v) is 3.21. The number of rotatable bonds is 6. The zero-order valence-corrected chi connectivity index (χ0v) is 13.0. The summed E-state index contributed by atoms with van der Waals surface area (Å²) < 4.78 is 0. The summed E-state index contributed by atoms with van der Waals surface area (Å²) in [4.78, 5) is 12.1. The molecule has 0 radical (unpaired) electrons. The van der Waals surface area contributed by atoms with Crippen LogP contribution in [0.1, 0.15) is 52.1 Å². The first-order valence-electron chi connectivity index (χ1n) is 7.27. The van der Waals surface area contributed by atoms with Gasteiger partial charge in [0, 0.05) is 6.42 Å². The van der Waals surface area contributed by atoms with Gasteiger partial charge < -0.3 is 10.4 Å². The molecule has 0 spiro atoms. The van der Waals surface area contributed by atoms with Crippen molar-refractivity contribution in [2.24, 2.45) is 11.3 Å². The summed E-state index contributed by atoms with van der Waals surface area (Å²) in [6.07, 6.45) is 1.51. The summed E-state index contributed by atoms with van der Waals surface area (Å²) in [5.41, 5.74) is 1.17. The molecule has 0 saturated heterocycles. The summed E-state index contributed by atoms with van der Waals surface area (Å²) in [5.74, 6) is 0.342. The van der Waals surface area contributed by atoms with Gasteiger partial charge >= 0.3 is 0 Å². The van der Waals surface area contributed by atoms with Crippen LogP contribution in [0.25, 0.3) is 0 Å². The van der Waals surface area contributed by atoms with Crippen LogP contribution in [-0.4, -0.2) is 17.6 Å². The Morgan fingerprint density at radius 3 is 2.35 bits per heavy atom. The Kier molecular flexibility index (Phi) is 6.21. The monoisotopic (exact) mass is 277 g/mol. The molecule has 1 rings (SSSR count). The van der Waals surface area contributed by atoms with Gasteiger partial charge in [-0.25, -0.2) is 0 Å². The van der Waals surface area contributed by atoms with Crippen LogP contribution in [0.4, 0.5) is 0 Å². The topological polar surface area (TPSA) is 49.3 Å². The molecule has 1 amide bonds. The van der Waals surface area contributed by atoms with Gasteiger partial charge in [-0.3, -0.25) is 4.79 Å². The van der Waals surface area contributed by atoms with Gasteiger partial charge in [0.05, 0.1) is 12.6 Å². The zero-order chi connectivity index (χ0) is 15.2. The van der Waals surface area contributed by atoms with Crippen molar-refractivity contribution in [2.75, 3.05) is 6.61 Å². The van der Waals surface area contributed by atoms with Crippen molar-refractivity contribution in [1.82, 2.24) is 5.32 Å². The molecule has 1 unspecified atom stereocenters. The molecule has 0 fully saturated rings. The number of benzene rings is 1. The maximum absolute atomic E-state index is 12.1. The molecule has 1 aromatic carbocycles. The fourth-order valence-electron chi connectivity index (χ4n) is 2.61. The molecule has 3 heteroatoms. The summed E-state index contributed by atoms with van der Waals surface area (Å²) in [6.45, 7) is 8.57. The molecule has 0 aliphatic heterocycles. The summed E-state index contributed by atoms with van der Waals surface area (Å²) in [5, 5.41) is 12.3. The zero-order valence-electron chi connectivity index (χ0n) is 13.0. The molecule has 1 aromatic rings. The average molecular weight is 277 g/mol. The molecule has 3 nitrogen and oxygen atoms in total. The largest absolute Gasteiger partial charge is 0.394 e.